The van der Waals surface area contributed by atoms with Crippen LogP contribution < -0.4 is 0 Å². The van der Waals surface area contributed by atoms with Gasteiger partial charge in [0.1, 0.15) is 0 Å². The van der Waals surface area contributed by atoms with Crippen molar-refractivity contribution < 1.29 is 0 Å². The number of hydrogen-bond acceptors (Lipinski definition) is 0. The summed E-state index contributed by atoms with van der Waals surface area (Å²) in [6.45, 7) is 9.79. The summed E-state index contributed by atoms with van der Waals surface area (Å²) in [4.78, 5) is 0. The molecule has 0 bridgehead atoms. The largest absolute Gasteiger partial charge is 0.0625 e. The van der Waals surface area contributed by atoms with Gasteiger partial charge in [-0.25, -0.2) is 0 Å². The molecule has 0 N–H and O–H groups in total. The standard InChI is InChI=1S/C13H24/c1-9(2)11(4)13-8-12(13)7-5-6-10(13)3/h9-12H,5-8H2,1-4H3/t10?,11?,12-,13?/m1/s1. The van der Waals surface area contributed by atoms with Crippen LogP contribution in [0.25, 0.3) is 0 Å². The minimum atomic E-state index is 0.784. The molecule has 0 radical (unpaired) electrons. The first-order valence-electron chi connectivity index (χ1n) is 6.09. The lowest BCUT2D eigenvalue weighted by atomic mass is 9.68. The van der Waals surface area contributed by atoms with Gasteiger partial charge < -0.3 is 0 Å². The minimum Gasteiger partial charge on any atom is -0.0625 e. The van der Waals surface area contributed by atoms with Crippen molar-refractivity contribution in [2.24, 2.45) is 29.1 Å². The Labute approximate surface area is 83.1 Å². The number of fused-ring (bicyclic) bond motifs is 1. The van der Waals surface area contributed by atoms with Crippen molar-refractivity contribution in [3.05, 3.63) is 0 Å². The van der Waals surface area contributed by atoms with Crippen LogP contribution in [0.5, 0.6) is 0 Å². The second-order valence-electron chi connectivity index (χ2n) is 5.88. The van der Waals surface area contributed by atoms with E-state index in [1.54, 1.807) is 6.42 Å². The van der Waals surface area contributed by atoms with Gasteiger partial charge in [-0.3, -0.25) is 0 Å². The monoisotopic (exact) mass is 180 g/mol. The van der Waals surface area contributed by atoms with Gasteiger partial charge in [0.25, 0.3) is 0 Å². The molecule has 0 aliphatic heterocycles. The van der Waals surface area contributed by atoms with Crippen molar-refractivity contribution >= 4 is 0 Å². The molecule has 0 aromatic carbocycles. The summed E-state index contributed by atoms with van der Waals surface area (Å²) < 4.78 is 0. The molecule has 0 saturated heterocycles. The van der Waals surface area contributed by atoms with Gasteiger partial charge in [-0.2, -0.15) is 0 Å². The van der Waals surface area contributed by atoms with Gasteiger partial charge >= 0.3 is 0 Å². The summed E-state index contributed by atoms with van der Waals surface area (Å²) in [5.74, 6) is 3.94. The highest BCUT2D eigenvalue weighted by Crippen LogP contribution is 2.69. The molecule has 0 spiro atoms. The van der Waals surface area contributed by atoms with Crippen LogP contribution in [0.2, 0.25) is 0 Å². The minimum absolute atomic E-state index is 0.784. The Balaban J connectivity index is 2.12. The van der Waals surface area contributed by atoms with E-state index in [1.807, 2.05) is 0 Å². The molecule has 2 rings (SSSR count). The molecule has 0 aromatic heterocycles. The molecule has 2 saturated carbocycles. The highest BCUT2D eigenvalue weighted by atomic mass is 14.7. The molecule has 2 aliphatic carbocycles. The molecule has 0 heterocycles. The molecule has 0 heteroatoms. The van der Waals surface area contributed by atoms with Gasteiger partial charge in [0.2, 0.25) is 0 Å². The van der Waals surface area contributed by atoms with E-state index < -0.39 is 0 Å². The fourth-order valence-electron chi connectivity index (χ4n) is 3.91. The number of rotatable bonds is 2. The Kier molecular flexibility index (Phi) is 2.20. The van der Waals surface area contributed by atoms with Crippen LogP contribution in [-0.4, -0.2) is 0 Å². The molecule has 76 valence electrons. The summed E-state index contributed by atoms with van der Waals surface area (Å²) in [6.07, 6.45) is 6.07. The average molecular weight is 180 g/mol. The van der Waals surface area contributed by atoms with Gasteiger partial charge in [0, 0.05) is 0 Å². The van der Waals surface area contributed by atoms with Gasteiger partial charge in [0.15, 0.2) is 0 Å². The smallest absolute Gasteiger partial charge is 0.0212 e. The third kappa shape index (κ3) is 1.25. The van der Waals surface area contributed by atoms with Crippen molar-refractivity contribution in [1.29, 1.82) is 0 Å². The second kappa shape index (κ2) is 3.00. The van der Waals surface area contributed by atoms with Crippen molar-refractivity contribution in [3.63, 3.8) is 0 Å². The summed E-state index contributed by atoms with van der Waals surface area (Å²) in [7, 11) is 0. The Morgan fingerprint density at radius 3 is 2.38 bits per heavy atom. The predicted molar refractivity (Wildman–Crippen MR) is 57.6 cm³/mol. The normalized spacial score (nSPS) is 45.9. The van der Waals surface area contributed by atoms with Crippen LogP contribution in [0.3, 0.4) is 0 Å². The lowest BCUT2D eigenvalue weighted by molar-refractivity contribution is 0.123. The molecule has 0 nitrogen and oxygen atoms in total. The molecule has 4 atom stereocenters. The lowest BCUT2D eigenvalue weighted by Crippen LogP contribution is -2.29. The van der Waals surface area contributed by atoms with E-state index in [9.17, 15) is 0 Å². The maximum absolute atomic E-state index is 2.50. The third-order valence-corrected chi connectivity index (χ3v) is 5.15. The molecule has 2 fully saturated rings. The summed E-state index contributed by atoms with van der Waals surface area (Å²) >= 11 is 0. The van der Waals surface area contributed by atoms with Gasteiger partial charge in [0.05, 0.1) is 0 Å². The van der Waals surface area contributed by atoms with E-state index in [2.05, 4.69) is 27.7 Å². The molecule has 0 aromatic rings. The van der Waals surface area contributed by atoms with Crippen molar-refractivity contribution in [2.75, 3.05) is 0 Å². The van der Waals surface area contributed by atoms with Crippen LogP contribution in [-0.2, 0) is 0 Å². The summed E-state index contributed by atoms with van der Waals surface area (Å²) in [6, 6.07) is 0. The quantitative estimate of drug-likeness (QED) is 0.600. The fourth-order valence-corrected chi connectivity index (χ4v) is 3.91. The maximum atomic E-state index is 2.50. The van der Waals surface area contributed by atoms with E-state index in [0.717, 1.165) is 29.1 Å². The molecule has 13 heavy (non-hydrogen) atoms. The Bertz CT molecular complexity index is 194. The zero-order valence-electron chi connectivity index (χ0n) is 9.64. The Morgan fingerprint density at radius 1 is 1.15 bits per heavy atom. The second-order valence-corrected chi connectivity index (χ2v) is 5.88. The Morgan fingerprint density at radius 2 is 1.85 bits per heavy atom. The number of hydrogen-bond donors (Lipinski definition) is 0. The van der Waals surface area contributed by atoms with Gasteiger partial charge in [-0.15, -0.1) is 0 Å². The topological polar surface area (TPSA) is 0 Å². The first-order chi connectivity index (χ1) is 6.09. The summed E-state index contributed by atoms with van der Waals surface area (Å²) in [5, 5.41) is 0. The highest BCUT2D eigenvalue weighted by molar-refractivity contribution is 5.10. The first kappa shape index (κ1) is 9.55. The Hall–Kier alpha value is 0. The van der Waals surface area contributed by atoms with Crippen LogP contribution in [0.4, 0.5) is 0 Å². The van der Waals surface area contributed by atoms with Crippen molar-refractivity contribution in [1.82, 2.24) is 0 Å². The van der Waals surface area contributed by atoms with Crippen molar-refractivity contribution in [3.8, 4) is 0 Å². The maximum Gasteiger partial charge on any atom is -0.0212 e. The highest BCUT2D eigenvalue weighted by Gasteiger charge is 2.61. The predicted octanol–water partition coefficient (Wildman–Crippen LogP) is 4.10. The SMILES string of the molecule is CC(C)C(C)C12C[C@H]1CCCC2C. The van der Waals surface area contributed by atoms with E-state index >= 15 is 0 Å². The zero-order chi connectivity index (χ0) is 9.64. The van der Waals surface area contributed by atoms with E-state index in [4.69, 9.17) is 0 Å². The van der Waals surface area contributed by atoms with Crippen LogP contribution >= 0.6 is 0 Å². The van der Waals surface area contributed by atoms with Crippen LogP contribution in [0, 0.1) is 29.1 Å². The van der Waals surface area contributed by atoms with Crippen molar-refractivity contribution in [2.45, 2.75) is 53.4 Å². The van der Waals surface area contributed by atoms with E-state index in [1.165, 1.54) is 19.3 Å². The van der Waals surface area contributed by atoms with Crippen LogP contribution in [0.1, 0.15) is 53.4 Å². The molecular weight excluding hydrogens is 156 g/mol. The lowest BCUT2D eigenvalue weighted by Gasteiger charge is -2.36. The summed E-state index contributed by atoms with van der Waals surface area (Å²) in [5.41, 5.74) is 0.784. The van der Waals surface area contributed by atoms with Gasteiger partial charge in [-0.1, -0.05) is 40.5 Å². The molecular formula is C13H24. The third-order valence-electron chi connectivity index (χ3n) is 5.15. The zero-order valence-corrected chi connectivity index (χ0v) is 9.64. The van der Waals surface area contributed by atoms with Gasteiger partial charge in [-0.05, 0) is 41.9 Å². The van der Waals surface area contributed by atoms with E-state index in [-0.39, 0.29) is 0 Å². The fraction of sp³-hybridized carbons (Fsp3) is 1.00. The molecule has 0 amide bonds. The van der Waals surface area contributed by atoms with E-state index in [0.29, 0.717) is 0 Å². The average Bonchev–Trinajstić information content (AvgIpc) is 2.80. The molecule has 2 aliphatic rings. The van der Waals surface area contributed by atoms with Crippen LogP contribution in [0.15, 0.2) is 0 Å². The first-order valence-corrected chi connectivity index (χ1v) is 6.09. The molecule has 3 unspecified atom stereocenters.